The summed E-state index contributed by atoms with van der Waals surface area (Å²) in [7, 11) is -3.67. The number of nitrogens with zero attached hydrogens (tertiary/aromatic N) is 3. The second kappa shape index (κ2) is 5.98. The summed E-state index contributed by atoms with van der Waals surface area (Å²) in [5.74, 6) is -0.365. The number of hydrogen-bond acceptors (Lipinski definition) is 6. The van der Waals surface area contributed by atoms with E-state index in [1.807, 2.05) is 20.8 Å². The Labute approximate surface area is 131 Å². The summed E-state index contributed by atoms with van der Waals surface area (Å²) in [6, 6.07) is 0. The van der Waals surface area contributed by atoms with Crippen molar-refractivity contribution in [3.05, 3.63) is 11.7 Å². The van der Waals surface area contributed by atoms with Crippen molar-refractivity contribution in [3.8, 4) is 0 Å². The van der Waals surface area contributed by atoms with Gasteiger partial charge in [-0.1, -0.05) is 25.9 Å². The molecule has 1 amide bonds. The van der Waals surface area contributed by atoms with E-state index in [1.165, 1.54) is 6.92 Å². The van der Waals surface area contributed by atoms with Gasteiger partial charge in [-0.2, -0.15) is 4.98 Å². The van der Waals surface area contributed by atoms with Gasteiger partial charge in [0.1, 0.15) is 11.0 Å². The summed E-state index contributed by atoms with van der Waals surface area (Å²) >= 11 is 0. The summed E-state index contributed by atoms with van der Waals surface area (Å²) in [6.45, 7) is 8.49. The van der Waals surface area contributed by atoms with Gasteiger partial charge in [0.05, 0.1) is 0 Å². The lowest BCUT2D eigenvalue weighted by Crippen LogP contribution is -2.34. The van der Waals surface area contributed by atoms with E-state index >= 15 is 0 Å². The Kier molecular flexibility index (Phi) is 4.60. The van der Waals surface area contributed by atoms with E-state index in [0.29, 0.717) is 18.9 Å². The third kappa shape index (κ3) is 3.66. The monoisotopic (exact) mass is 329 g/mol. The molecule has 7 nitrogen and oxygen atoms in total. The van der Waals surface area contributed by atoms with Gasteiger partial charge in [-0.3, -0.25) is 4.79 Å². The fraction of sp³-hybridized carbons (Fsp3) is 0.786. The Morgan fingerprint density at radius 3 is 2.41 bits per heavy atom. The van der Waals surface area contributed by atoms with Gasteiger partial charge in [0, 0.05) is 18.5 Å². The van der Waals surface area contributed by atoms with Crippen LogP contribution in [0.5, 0.6) is 0 Å². The predicted molar refractivity (Wildman–Crippen MR) is 81.0 cm³/mol. The van der Waals surface area contributed by atoms with Crippen molar-refractivity contribution in [2.45, 2.75) is 51.2 Å². The van der Waals surface area contributed by atoms with Crippen LogP contribution in [0.4, 0.5) is 0 Å². The van der Waals surface area contributed by atoms with Crippen LogP contribution in [0.15, 0.2) is 4.52 Å². The van der Waals surface area contributed by atoms with Crippen LogP contribution in [-0.2, 0) is 20.0 Å². The number of likely N-dealkylation sites (tertiary alicyclic amines) is 1. The van der Waals surface area contributed by atoms with Crippen LogP contribution in [0.2, 0.25) is 0 Å². The van der Waals surface area contributed by atoms with Gasteiger partial charge in [-0.15, -0.1) is 0 Å². The van der Waals surface area contributed by atoms with Crippen molar-refractivity contribution >= 4 is 15.7 Å². The second-order valence-electron chi connectivity index (χ2n) is 6.74. The van der Waals surface area contributed by atoms with Crippen LogP contribution < -0.4 is 0 Å². The van der Waals surface area contributed by atoms with E-state index in [4.69, 9.17) is 4.52 Å². The largest absolute Gasteiger partial charge is 0.342 e. The van der Waals surface area contributed by atoms with Crippen LogP contribution in [0.3, 0.4) is 0 Å². The van der Waals surface area contributed by atoms with Crippen molar-refractivity contribution < 1.29 is 17.7 Å². The standard InChI is InChI=1S/C14H23N3O4S/c1-10(12-15-13(16-21-12)14(2,3)4)22(19,20)9-11(18)17-7-5-6-8-17/h10H,5-9H2,1-4H3/t10-/m1/s1. The van der Waals surface area contributed by atoms with Crippen molar-refractivity contribution in [2.24, 2.45) is 0 Å². The summed E-state index contributed by atoms with van der Waals surface area (Å²) < 4.78 is 29.8. The summed E-state index contributed by atoms with van der Waals surface area (Å²) in [5.41, 5.74) is -0.323. The van der Waals surface area contributed by atoms with Gasteiger partial charge < -0.3 is 9.42 Å². The highest BCUT2D eigenvalue weighted by molar-refractivity contribution is 7.92. The molecule has 0 aliphatic carbocycles. The van der Waals surface area contributed by atoms with E-state index in [9.17, 15) is 13.2 Å². The molecule has 0 bridgehead atoms. The molecule has 22 heavy (non-hydrogen) atoms. The highest BCUT2D eigenvalue weighted by Gasteiger charge is 2.33. The molecule has 1 aromatic rings. The number of carbonyl (C=O) groups is 1. The van der Waals surface area contributed by atoms with Crippen LogP contribution in [0.1, 0.15) is 57.5 Å². The number of amides is 1. The molecular weight excluding hydrogens is 306 g/mol. The maximum absolute atomic E-state index is 12.4. The van der Waals surface area contributed by atoms with Crippen molar-refractivity contribution in [1.29, 1.82) is 0 Å². The molecule has 124 valence electrons. The van der Waals surface area contributed by atoms with E-state index in [1.54, 1.807) is 4.90 Å². The summed E-state index contributed by atoms with van der Waals surface area (Å²) in [5, 5.41) is 2.85. The molecule has 0 unspecified atom stereocenters. The van der Waals surface area contributed by atoms with E-state index in [2.05, 4.69) is 10.1 Å². The maximum Gasteiger partial charge on any atom is 0.244 e. The van der Waals surface area contributed by atoms with Gasteiger partial charge in [0.25, 0.3) is 0 Å². The first-order chi connectivity index (χ1) is 10.1. The average molecular weight is 329 g/mol. The molecule has 1 aromatic heterocycles. The molecular formula is C14H23N3O4S. The van der Waals surface area contributed by atoms with Gasteiger partial charge in [0.2, 0.25) is 11.8 Å². The topological polar surface area (TPSA) is 93.4 Å². The molecule has 1 saturated heterocycles. The first kappa shape index (κ1) is 16.9. The lowest BCUT2D eigenvalue weighted by molar-refractivity contribution is -0.127. The molecule has 0 N–H and O–H groups in total. The van der Waals surface area contributed by atoms with Crippen LogP contribution in [0.25, 0.3) is 0 Å². The fourth-order valence-corrected chi connectivity index (χ4v) is 3.39. The molecule has 0 saturated carbocycles. The molecule has 2 heterocycles. The van der Waals surface area contributed by atoms with Gasteiger partial charge in [-0.25, -0.2) is 8.42 Å². The van der Waals surface area contributed by atoms with Crippen LogP contribution in [-0.4, -0.2) is 48.2 Å². The number of carbonyl (C=O) groups excluding carboxylic acids is 1. The Balaban J connectivity index is 2.11. The molecule has 1 atom stereocenters. The minimum Gasteiger partial charge on any atom is -0.342 e. The van der Waals surface area contributed by atoms with Gasteiger partial charge >= 0.3 is 0 Å². The number of hydrogen-bond donors (Lipinski definition) is 0. The van der Waals surface area contributed by atoms with Crippen LogP contribution in [0, 0.1) is 0 Å². The molecule has 1 fully saturated rings. The van der Waals surface area contributed by atoms with E-state index in [-0.39, 0.29) is 17.2 Å². The summed E-state index contributed by atoms with van der Waals surface area (Å²) in [6.07, 6.45) is 1.86. The third-order valence-electron chi connectivity index (χ3n) is 3.78. The summed E-state index contributed by atoms with van der Waals surface area (Å²) in [4.78, 5) is 17.8. The lowest BCUT2D eigenvalue weighted by atomic mass is 9.96. The van der Waals surface area contributed by atoms with Gasteiger partial charge in [-0.05, 0) is 19.8 Å². The Morgan fingerprint density at radius 1 is 1.32 bits per heavy atom. The molecule has 1 aliphatic rings. The van der Waals surface area contributed by atoms with Gasteiger partial charge in [0.15, 0.2) is 15.7 Å². The average Bonchev–Trinajstić information content (AvgIpc) is 3.08. The normalized spacial score (nSPS) is 17.7. The van der Waals surface area contributed by atoms with Crippen molar-refractivity contribution in [2.75, 3.05) is 18.8 Å². The molecule has 8 heteroatoms. The quantitative estimate of drug-likeness (QED) is 0.830. The molecule has 0 radical (unpaired) electrons. The Hall–Kier alpha value is -1.44. The van der Waals surface area contributed by atoms with E-state index in [0.717, 1.165) is 12.8 Å². The Bertz CT molecular complexity index is 639. The zero-order valence-corrected chi connectivity index (χ0v) is 14.3. The minimum atomic E-state index is -3.67. The minimum absolute atomic E-state index is 0.0409. The predicted octanol–water partition coefficient (Wildman–Crippen LogP) is 1.47. The second-order valence-corrected chi connectivity index (χ2v) is 9.07. The first-order valence-electron chi connectivity index (χ1n) is 7.44. The third-order valence-corrected chi connectivity index (χ3v) is 5.71. The SMILES string of the molecule is C[C@H](c1nc(C(C)(C)C)no1)S(=O)(=O)CC(=O)N1CCCC1. The molecule has 1 aliphatic heterocycles. The molecule has 0 spiro atoms. The number of rotatable bonds is 4. The molecule has 2 rings (SSSR count). The van der Waals surface area contributed by atoms with E-state index < -0.39 is 20.8 Å². The highest BCUT2D eigenvalue weighted by atomic mass is 32.2. The first-order valence-corrected chi connectivity index (χ1v) is 9.16. The fourth-order valence-electron chi connectivity index (χ4n) is 2.21. The van der Waals surface area contributed by atoms with Crippen LogP contribution >= 0.6 is 0 Å². The number of sulfone groups is 1. The maximum atomic E-state index is 12.4. The van der Waals surface area contributed by atoms with Crippen molar-refractivity contribution in [3.63, 3.8) is 0 Å². The molecule has 0 aromatic carbocycles. The number of aromatic nitrogens is 2. The smallest absolute Gasteiger partial charge is 0.244 e. The lowest BCUT2D eigenvalue weighted by Gasteiger charge is -2.16. The van der Waals surface area contributed by atoms with Crippen molar-refractivity contribution in [1.82, 2.24) is 15.0 Å². The zero-order valence-electron chi connectivity index (χ0n) is 13.5. The zero-order chi connectivity index (χ0) is 16.5. The Morgan fingerprint density at radius 2 is 1.91 bits per heavy atom. The highest BCUT2D eigenvalue weighted by Crippen LogP contribution is 2.25.